The van der Waals surface area contributed by atoms with Gasteiger partial charge in [0, 0.05) is 12.8 Å². The molecule has 1 N–H and O–H groups in total. The monoisotopic (exact) mass is 298 g/mol. The molecule has 124 valence electrons. The quantitative estimate of drug-likeness (QED) is 0.764. The highest BCUT2D eigenvalue weighted by Gasteiger charge is 2.33. The smallest absolute Gasteiger partial charge is 0.126 e. The van der Waals surface area contributed by atoms with E-state index in [-0.39, 0.29) is 6.10 Å². The minimum absolute atomic E-state index is 0.307. The van der Waals surface area contributed by atoms with Crippen LogP contribution >= 0.6 is 0 Å². The van der Waals surface area contributed by atoms with E-state index in [4.69, 9.17) is 4.74 Å². The Hall–Kier alpha value is -0.120. The highest BCUT2D eigenvalue weighted by Crippen LogP contribution is 2.35. The molecule has 0 amide bonds. The SMILES string of the molecule is CC(C)[C@@H]1CC[C@H](C)C[C@H]1OC[C@H](O)C[N+]1(C)CCCC1. The van der Waals surface area contributed by atoms with Gasteiger partial charge >= 0.3 is 0 Å². The van der Waals surface area contributed by atoms with Gasteiger partial charge in [-0.05, 0) is 30.6 Å². The van der Waals surface area contributed by atoms with Crippen molar-refractivity contribution < 1.29 is 14.3 Å². The van der Waals surface area contributed by atoms with Crippen LogP contribution in [0.2, 0.25) is 0 Å². The Balaban J connectivity index is 1.79. The Morgan fingerprint density at radius 2 is 1.86 bits per heavy atom. The second-order valence-electron chi connectivity index (χ2n) is 8.31. The molecular formula is C18H36NO2+. The molecule has 3 heteroatoms. The van der Waals surface area contributed by atoms with E-state index in [0.29, 0.717) is 24.5 Å². The Kier molecular flexibility index (Phi) is 6.10. The number of hydrogen-bond acceptors (Lipinski definition) is 2. The number of hydrogen-bond donors (Lipinski definition) is 1. The van der Waals surface area contributed by atoms with Crippen molar-refractivity contribution in [3.05, 3.63) is 0 Å². The van der Waals surface area contributed by atoms with E-state index in [1.807, 2.05) is 0 Å². The summed E-state index contributed by atoms with van der Waals surface area (Å²) in [7, 11) is 2.27. The molecule has 0 bridgehead atoms. The average molecular weight is 298 g/mol. The summed E-state index contributed by atoms with van der Waals surface area (Å²) in [5, 5.41) is 10.4. The Bertz CT molecular complexity index is 312. The lowest BCUT2D eigenvalue weighted by molar-refractivity contribution is -0.900. The summed E-state index contributed by atoms with van der Waals surface area (Å²) in [4.78, 5) is 0. The van der Waals surface area contributed by atoms with E-state index >= 15 is 0 Å². The molecule has 21 heavy (non-hydrogen) atoms. The molecule has 2 fully saturated rings. The summed E-state index contributed by atoms with van der Waals surface area (Å²) in [5.74, 6) is 2.12. The van der Waals surface area contributed by atoms with Gasteiger partial charge in [0.15, 0.2) is 0 Å². The predicted octanol–water partition coefficient (Wildman–Crippen LogP) is 3.07. The number of rotatable bonds is 6. The molecule has 1 saturated carbocycles. The number of aliphatic hydroxyl groups excluding tert-OH is 1. The fourth-order valence-electron chi connectivity index (χ4n) is 4.38. The highest BCUT2D eigenvalue weighted by atomic mass is 16.5. The summed E-state index contributed by atoms with van der Waals surface area (Å²) in [6, 6.07) is 0. The molecule has 1 saturated heterocycles. The third kappa shape index (κ3) is 4.94. The Morgan fingerprint density at radius 3 is 2.48 bits per heavy atom. The van der Waals surface area contributed by atoms with Crippen LogP contribution in [0.4, 0.5) is 0 Å². The van der Waals surface area contributed by atoms with E-state index in [9.17, 15) is 5.11 Å². The Labute approximate surface area is 131 Å². The summed E-state index contributed by atoms with van der Waals surface area (Å²) in [5.41, 5.74) is 0. The van der Waals surface area contributed by atoms with E-state index < -0.39 is 0 Å². The van der Waals surface area contributed by atoms with Crippen LogP contribution in [0.25, 0.3) is 0 Å². The molecular weight excluding hydrogens is 262 g/mol. The maximum atomic E-state index is 10.4. The van der Waals surface area contributed by atoms with Crippen LogP contribution in [0.3, 0.4) is 0 Å². The van der Waals surface area contributed by atoms with Crippen LogP contribution in [0.5, 0.6) is 0 Å². The molecule has 2 rings (SSSR count). The first-order chi connectivity index (χ1) is 9.89. The molecule has 4 atom stereocenters. The van der Waals surface area contributed by atoms with Crippen molar-refractivity contribution in [1.29, 1.82) is 0 Å². The average Bonchev–Trinajstić information content (AvgIpc) is 2.82. The van der Waals surface area contributed by atoms with E-state index in [2.05, 4.69) is 27.8 Å². The molecule has 1 heterocycles. The van der Waals surface area contributed by atoms with Crippen molar-refractivity contribution in [2.45, 2.75) is 65.1 Å². The van der Waals surface area contributed by atoms with Crippen molar-refractivity contribution >= 4 is 0 Å². The molecule has 0 unspecified atom stereocenters. The summed E-state index contributed by atoms with van der Waals surface area (Å²) >= 11 is 0. The standard InChI is InChI=1S/C18H36NO2/c1-14(2)17-8-7-15(3)11-18(17)21-13-16(20)12-19(4)9-5-6-10-19/h14-18,20H,5-13H2,1-4H3/q+1/t15-,16+,17-,18+/m0/s1. The zero-order chi connectivity index (χ0) is 15.5. The summed E-state index contributed by atoms with van der Waals surface area (Å²) in [6.07, 6.45) is 6.44. The lowest BCUT2D eigenvalue weighted by atomic mass is 9.75. The number of aliphatic hydroxyl groups is 1. The fourth-order valence-corrected chi connectivity index (χ4v) is 4.38. The molecule has 1 aliphatic carbocycles. The third-order valence-electron chi connectivity index (χ3n) is 5.76. The molecule has 0 aromatic rings. The van der Waals surface area contributed by atoms with Gasteiger partial charge in [-0.25, -0.2) is 0 Å². The maximum absolute atomic E-state index is 10.4. The lowest BCUT2D eigenvalue weighted by Crippen LogP contribution is -2.48. The molecule has 0 radical (unpaired) electrons. The van der Waals surface area contributed by atoms with Crippen LogP contribution < -0.4 is 0 Å². The van der Waals surface area contributed by atoms with E-state index in [1.165, 1.54) is 45.2 Å². The number of nitrogens with zero attached hydrogens (tertiary/aromatic N) is 1. The third-order valence-corrected chi connectivity index (χ3v) is 5.76. The number of likely N-dealkylation sites (N-methyl/N-ethyl adjacent to an activating group) is 1. The number of quaternary nitrogens is 1. The van der Waals surface area contributed by atoms with Crippen LogP contribution in [0, 0.1) is 17.8 Å². The Morgan fingerprint density at radius 1 is 1.19 bits per heavy atom. The first kappa shape index (κ1) is 17.2. The molecule has 2 aliphatic rings. The summed E-state index contributed by atoms with van der Waals surface area (Å²) < 4.78 is 7.21. The number of ether oxygens (including phenoxy) is 1. The van der Waals surface area contributed by atoms with Crippen LogP contribution in [0.1, 0.15) is 52.9 Å². The second kappa shape index (κ2) is 7.43. The van der Waals surface area contributed by atoms with Gasteiger partial charge in [0.2, 0.25) is 0 Å². The van der Waals surface area contributed by atoms with Crippen LogP contribution in [0.15, 0.2) is 0 Å². The lowest BCUT2D eigenvalue weighted by Gasteiger charge is -2.38. The van der Waals surface area contributed by atoms with Gasteiger partial charge in [0.1, 0.15) is 12.6 Å². The molecule has 0 aromatic heterocycles. The van der Waals surface area contributed by atoms with Gasteiger partial charge < -0.3 is 14.3 Å². The zero-order valence-electron chi connectivity index (χ0n) is 14.6. The maximum Gasteiger partial charge on any atom is 0.126 e. The fraction of sp³-hybridized carbons (Fsp3) is 1.00. The van der Waals surface area contributed by atoms with Crippen molar-refractivity contribution in [1.82, 2.24) is 0 Å². The van der Waals surface area contributed by atoms with Crippen molar-refractivity contribution in [2.24, 2.45) is 17.8 Å². The van der Waals surface area contributed by atoms with Crippen molar-refractivity contribution in [3.63, 3.8) is 0 Å². The largest absolute Gasteiger partial charge is 0.385 e. The van der Waals surface area contributed by atoms with E-state index in [1.54, 1.807) is 0 Å². The molecule has 0 spiro atoms. The second-order valence-corrected chi connectivity index (χ2v) is 8.31. The van der Waals surface area contributed by atoms with E-state index in [0.717, 1.165) is 16.9 Å². The van der Waals surface area contributed by atoms with Gasteiger partial charge in [-0.15, -0.1) is 0 Å². The van der Waals surface area contributed by atoms with Gasteiger partial charge in [0.25, 0.3) is 0 Å². The van der Waals surface area contributed by atoms with Gasteiger partial charge in [0.05, 0.1) is 32.8 Å². The van der Waals surface area contributed by atoms with Crippen molar-refractivity contribution in [3.8, 4) is 0 Å². The zero-order valence-corrected chi connectivity index (χ0v) is 14.6. The minimum atomic E-state index is -0.307. The number of likely N-dealkylation sites (tertiary alicyclic amines) is 1. The topological polar surface area (TPSA) is 29.5 Å². The predicted molar refractivity (Wildman–Crippen MR) is 87.1 cm³/mol. The normalized spacial score (nSPS) is 34.3. The van der Waals surface area contributed by atoms with Gasteiger partial charge in [-0.2, -0.15) is 0 Å². The molecule has 0 aromatic carbocycles. The molecule has 1 aliphatic heterocycles. The van der Waals surface area contributed by atoms with Crippen LogP contribution in [-0.4, -0.2) is 55.1 Å². The van der Waals surface area contributed by atoms with Gasteiger partial charge in [-0.3, -0.25) is 0 Å². The first-order valence-electron chi connectivity index (χ1n) is 9.03. The van der Waals surface area contributed by atoms with Crippen LogP contribution in [-0.2, 0) is 4.74 Å². The summed E-state index contributed by atoms with van der Waals surface area (Å²) in [6.45, 7) is 10.8. The minimum Gasteiger partial charge on any atom is -0.385 e. The van der Waals surface area contributed by atoms with Crippen molar-refractivity contribution in [2.75, 3.05) is 33.3 Å². The first-order valence-corrected chi connectivity index (χ1v) is 9.03. The highest BCUT2D eigenvalue weighted by molar-refractivity contribution is 4.81. The molecule has 3 nitrogen and oxygen atoms in total. The van der Waals surface area contributed by atoms with Gasteiger partial charge in [-0.1, -0.05) is 27.2 Å².